The number of aliphatic hydroxyl groups is 1. The summed E-state index contributed by atoms with van der Waals surface area (Å²) in [4.78, 5) is 0. The van der Waals surface area contributed by atoms with Gasteiger partial charge in [0.25, 0.3) is 0 Å². The monoisotopic (exact) mass is 256 g/mol. The summed E-state index contributed by atoms with van der Waals surface area (Å²) >= 11 is 2.43. The predicted molar refractivity (Wildman–Crippen MR) is 53.6 cm³/mol. The van der Waals surface area contributed by atoms with Crippen molar-refractivity contribution in [2.75, 3.05) is 11.0 Å². The second-order valence-electron chi connectivity index (χ2n) is 2.83. The SMILES string of the molecule is C[C@@H](CI)CCCCCO. The largest absolute Gasteiger partial charge is 0.396 e. The molecule has 1 atom stereocenters. The molecule has 0 aromatic heterocycles. The zero-order valence-electron chi connectivity index (χ0n) is 6.65. The quantitative estimate of drug-likeness (QED) is 0.440. The zero-order chi connectivity index (χ0) is 7.82. The van der Waals surface area contributed by atoms with Gasteiger partial charge in [-0.2, -0.15) is 0 Å². The summed E-state index contributed by atoms with van der Waals surface area (Å²) in [5, 5.41) is 8.49. The average molecular weight is 256 g/mol. The van der Waals surface area contributed by atoms with Gasteiger partial charge in [0.2, 0.25) is 0 Å². The summed E-state index contributed by atoms with van der Waals surface area (Å²) in [6.45, 7) is 2.64. The van der Waals surface area contributed by atoms with Crippen LogP contribution in [0.25, 0.3) is 0 Å². The maximum absolute atomic E-state index is 8.49. The van der Waals surface area contributed by atoms with Crippen molar-refractivity contribution in [2.45, 2.75) is 32.6 Å². The van der Waals surface area contributed by atoms with Crippen LogP contribution < -0.4 is 0 Å². The van der Waals surface area contributed by atoms with Crippen LogP contribution in [0.3, 0.4) is 0 Å². The topological polar surface area (TPSA) is 20.2 Å². The summed E-state index contributed by atoms with van der Waals surface area (Å²) in [6.07, 6.45) is 4.78. The van der Waals surface area contributed by atoms with Crippen molar-refractivity contribution in [3.8, 4) is 0 Å². The molecule has 1 N–H and O–H groups in total. The summed E-state index contributed by atoms with van der Waals surface area (Å²) in [5.41, 5.74) is 0. The second-order valence-corrected chi connectivity index (χ2v) is 3.71. The minimum absolute atomic E-state index is 0.360. The van der Waals surface area contributed by atoms with Gasteiger partial charge in [-0.1, -0.05) is 42.4 Å². The fourth-order valence-corrected chi connectivity index (χ4v) is 1.30. The Hall–Kier alpha value is 0.690. The number of rotatable bonds is 6. The average Bonchev–Trinajstić information content (AvgIpc) is 1.98. The Kier molecular flexibility index (Phi) is 8.33. The van der Waals surface area contributed by atoms with Crippen LogP contribution in [-0.2, 0) is 0 Å². The molecule has 0 unspecified atom stereocenters. The molecule has 0 saturated heterocycles. The van der Waals surface area contributed by atoms with Gasteiger partial charge in [0.15, 0.2) is 0 Å². The number of halogens is 1. The lowest BCUT2D eigenvalue weighted by Crippen LogP contribution is -1.95. The minimum Gasteiger partial charge on any atom is -0.396 e. The molecule has 0 amide bonds. The highest BCUT2D eigenvalue weighted by Gasteiger charge is 1.97. The van der Waals surface area contributed by atoms with Crippen molar-refractivity contribution in [3.63, 3.8) is 0 Å². The molecule has 0 aromatic carbocycles. The van der Waals surface area contributed by atoms with Crippen molar-refractivity contribution in [1.29, 1.82) is 0 Å². The first kappa shape index (κ1) is 10.7. The van der Waals surface area contributed by atoms with Gasteiger partial charge < -0.3 is 5.11 Å². The van der Waals surface area contributed by atoms with E-state index in [-0.39, 0.29) is 0 Å². The van der Waals surface area contributed by atoms with Crippen LogP contribution in [0.4, 0.5) is 0 Å². The maximum atomic E-state index is 8.49. The molecule has 0 aliphatic rings. The number of hydrogen-bond donors (Lipinski definition) is 1. The Morgan fingerprint density at radius 3 is 2.50 bits per heavy atom. The van der Waals surface area contributed by atoms with Gasteiger partial charge >= 0.3 is 0 Å². The first-order valence-corrected chi connectivity index (χ1v) is 5.50. The van der Waals surface area contributed by atoms with Gasteiger partial charge in [-0.25, -0.2) is 0 Å². The molecule has 0 aliphatic carbocycles. The van der Waals surface area contributed by atoms with Crippen LogP contribution in [0.5, 0.6) is 0 Å². The third-order valence-corrected chi connectivity index (χ3v) is 3.12. The number of unbranched alkanes of at least 4 members (excludes halogenated alkanes) is 2. The Morgan fingerprint density at radius 2 is 2.00 bits per heavy atom. The van der Waals surface area contributed by atoms with Crippen LogP contribution in [0, 0.1) is 5.92 Å². The van der Waals surface area contributed by atoms with Gasteiger partial charge in [-0.05, 0) is 18.8 Å². The smallest absolute Gasteiger partial charge is 0.0431 e. The van der Waals surface area contributed by atoms with E-state index in [1.54, 1.807) is 0 Å². The van der Waals surface area contributed by atoms with Crippen LogP contribution in [0.2, 0.25) is 0 Å². The Balaban J connectivity index is 2.89. The summed E-state index contributed by atoms with van der Waals surface area (Å²) in [7, 11) is 0. The molecule has 0 radical (unpaired) electrons. The molecule has 0 fully saturated rings. The molecular weight excluding hydrogens is 239 g/mol. The molecule has 0 aliphatic heterocycles. The predicted octanol–water partition coefficient (Wildman–Crippen LogP) is 2.61. The van der Waals surface area contributed by atoms with E-state index in [4.69, 9.17) is 5.11 Å². The fraction of sp³-hybridized carbons (Fsp3) is 1.00. The molecule has 0 rings (SSSR count). The molecule has 1 nitrogen and oxygen atoms in total. The van der Waals surface area contributed by atoms with E-state index in [2.05, 4.69) is 29.5 Å². The normalized spacial score (nSPS) is 13.5. The fourth-order valence-electron chi connectivity index (χ4n) is 0.859. The van der Waals surface area contributed by atoms with Gasteiger partial charge in [0.05, 0.1) is 0 Å². The van der Waals surface area contributed by atoms with E-state index in [1.807, 2.05) is 0 Å². The number of hydrogen-bond acceptors (Lipinski definition) is 1. The summed E-state index contributed by atoms with van der Waals surface area (Å²) in [5.74, 6) is 0.860. The standard InChI is InChI=1S/C8H17IO/c1-8(7-9)5-3-2-4-6-10/h8,10H,2-7H2,1H3/t8-/m1/s1. The van der Waals surface area contributed by atoms with Crippen molar-refractivity contribution in [1.82, 2.24) is 0 Å². The molecule has 2 heteroatoms. The van der Waals surface area contributed by atoms with E-state index in [0.717, 1.165) is 12.3 Å². The van der Waals surface area contributed by atoms with Gasteiger partial charge in [-0.3, -0.25) is 0 Å². The van der Waals surface area contributed by atoms with Crippen molar-refractivity contribution >= 4 is 22.6 Å². The van der Waals surface area contributed by atoms with Crippen molar-refractivity contribution < 1.29 is 5.11 Å². The third kappa shape index (κ3) is 6.81. The van der Waals surface area contributed by atoms with E-state index in [1.165, 1.54) is 23.7 Å². The number of alkyl halides is 1. The van der Waals surface area contributed by atoms with E-state index >= 15 is 0 Å². The summed E-state index contributed by atoms with van der Waals surface area (Å²) in [6, 6.07) is 0. The molecule has 62 valence electrons. The van der Waals surface area contributed by atoms with Crippen molar-refractivity contribution in [2.24, 2.45) is 5.92 Å². The van der Waals surface area contributed by atoms with Crippen molar-refractivity contribution in [3.05, 3.63) is 0 Å². The van der Waals surface area contributed by atoms with E-state index in [9.17, 15) is 0 Å². The molecule has 0 spiro atoms. The van der Waals surface area contributed by atoms with Crippen LogP contribution in [-0.4, -0.2) is 16.1 Å². The maximum Gasteiger partial charge on any atom is 0.0431 e. The highest BCUT2D eigenvalue weighted by atomic mass is 127. The first-order valence-electron chi connectivity index (χ1n) is 3.98. The lowest BCUT2D eigenvalue weighted by Gasteiger charge is -2.05. The van der Waals surface area contributed by atoms with Gasteiger partial charge in [-0.15, -0.1) is 0 Å². The third-order valence-electron chi connectivity index (χ3n) is 1.62. The lowest BCUT2D eigenvalue weighted by molar-refractivity contribution is 0.281. The van der Waals surface area contributed by atoms with Crippen LogP contribution in [0.1, 0.15) is 32.6 Å². The van der Waals surface area contributed by atoms with E-state index in [0.29, 0.717) is 6.61 Å². The van der Waals surface area contributed by atoms with E-state index < -0.39 is 0 Å². The highest BCUT2D eigenvalue weighted by molar-refractivity contribution is 14.1. The Labute approximate surface area is 77.3 Å². The molecule has 10 heavy (non-hydrogen) atoms. The van der Waals surface area contributed by atoms with Gasteiger partial charge in [0, 0.05) is 11.0 Å². The van der Waals surface area contributed by atoms with Crippen LogP contribution >= 0.6 is 22.6 Å². The minimum atomic E-state index is 0.360. The molecule has 0 aromatic rings. The molecule has 0 heterocycles. The zero-order valence-corrected chi connectivity index (χ0v) is 8.80. The lowest BCUT2D eigenvalue weighted by atomic mass is 10.1. The van der Waals surface area contributed by atoms with Gasteiger partial charge in [0.1, 0.15) is 0 Å². The number of aliphatic hydroxyl groups excluding tert-OH is 1. The molecule has 0 saturated carbocycles. The molecular formula is C8H17IO. The summed E-state index contributed by atoms with van der Waals surface area (Å²) < 4.78 is 1.26. The Bertz CT molecular complexity index is 66.3. The molecule has 0 bridgehead atoms. The Morgan fingerprint density at radius 1 is 1.30 bits per heavy atom. The van der Waals surface area contributed by atoms with Crippen LogP contribution in [0.15, 0.2) is 0 Å². The second kappa shape index (κ2) is 7.79. The highest BCUT2D eigenvalue weighted by Crippen LogP contribution is 2.11. The first-order chi connectivity index (χ1) is 4.81.